The molecule has 0 aromatic heterocycles. The Bertz CT molecular complexity index is 1060. The van der Waals surface area contributed by atoms with Crippen molar-refractivity contribution >= 4 is 35.2 Å². The van der Waals surface area contributed by atoms with Crippen LogP contribution in [0.1, 0.15) is 57.6 Å². The van der Waals surface area contributed by atoms with E-state index in [1.54, 1.807) is 37.9 Å². The van der Waals surface area contributed by atoms with Crippen LogP contribution in [0.3, 0.4) is 0 Å². The number of amidine groups is 2. The summed E-state index contributed by atoms with van der Waals surface area (Å²) in [5.74, 6) is -1.70. The quantitative estimate of drug-likeness (QED) is 0.231. The highest BCUT2D eigenvalue weighted by molar-refractivity contribution is 7.97. The summed E-state index contributed by atoms with van der Waals surface area (Å²) in [7, 11) is 0. The van der Waals surface area contributed by atoms with Gasteiger partial charge in [-0.2, -0.15) is 0 Å². The van der Waals surface area contributed by atoms with Crippen molar-refractivity contribution in [3.05, 3.63) is 47.5 Å². The van der Waals surface area contributed by atoms with Gasteiger partial charge in [0.15, 0.2) is 5.84 Å². The van der Waals surface area contributed by atoms with E-state index in [9.17, 15) is 15.0 Å². The number of phenolic OH excluding ortho intramolecular Hbond substituents is 2. The maximum atomic E-state index is 12.7. The fraction of sp³-hybridized carbons (Fsp3) is 0.400. The average Bonchev–Trinajstić information content (AvgIpc) is 3.27. The van der Waals surface area contributed by atoms with Gasteiger partial charge in [-0.1, -0.05) is 13.8 Å². The first kappa shape index (κ1) is 25.6. The van der Waals surface area contributed by atoms with Crippen LogP contribution in [0.2, 0.25) is 0 Å². The van der Waals surface area contributed by atoms with Gasteiger partial charge in [-0.15, -0.1) is 0 Å². The van der Waals surface area contributed by atoms with Gasteiger partial charge in [-0.3, -0.25) is 20.5 Å². The highest BCUT2D eigenvalue weighted by Gasteiger charge is 2.27. The monoisotopic (exact) mass is 483 g/mol. The smallest absolute Gasteiger partial charge is 0.287 e. The average molecular weight is 484 g/mol. The molecule has 0 unspecified atom stereocenters. The van der Waals surface area contributed by atoms with Crippen LogP contribution in [-0.2, 0) is 4.79 Å². The zero-order valence-electron chi connectivity index (χ0n) is 20.1. The molecule has 2 aromatic carbocycles. The Morgan fingerprint density at radius 3 is 2.21 bits per heavy atom. The molecule has 5 N–H and O–H groups in total. The van der Waals surface area contributed by atoms with E-state index in [0.29, 0.717) is 11.3 Å². The summed E-state index contributed by atoms with van der Waals surface area (Å²) in [4.78, 5) is 15.0. The van der Waals surface area contributed by atoms with Crippen LogP contribution in [0.5, 0.6) is 11.5 Å². The van der Waals surface area contributed by atoms with Crippen molar-refractivity contribution in [3.63, 3.8) is 0 Å². The summed E-state index contributed by atoms with van der Waals surface area (Å²) < 4.78 is 2.30. The molecule has 1 aliphatic rings. The fourth-order valence-corrected chi connectivity index (χ4v) is 4.75. The van der Waals surface area contributed by atoms with Gasteiger partial charge in [0.2, 0.25) is 0 Å². The summed E-state index contributed by atoms with van der Waals surface area (Å²) >= 11 is 1.67. The van der Waals surface area contributed by atoms with Crippen molar-refractivity contribution in [1.29, 1.82) is 10.8 Å². The number of carbonyl (C=O) groups excluding carboxylic acids is 1. The minimum absolute atomic E-state index is 0.0498. The molecule has 0 saturated carbocycles. The molecule has 8 nitrogen and oxygen atoms in total. The van der Waals surface area contributed by atoms with Crippen molar-refractivity contribution in [2.45, 2.75) is 57.4 Å². The van der Waals surface area contributed by atoms with Crippen molar-refractivity contribution < 1.29 is 15.0 Å². The Hall–Kier alpha value is -3.04. The molecule has 0 atom stereocenters. The number of hydrogen-bond donors (Lipinski definition) is 5. The SMILES string of the molecule is CC(C)NC(=O)C(=N)N(C(=N)c1cc(C(C)C)c(O)cc1O)c1ccc(SN2CCCC2)cc1. The van der Waals surface area contributed by atoms with Crippen LogP contribution in [0, 0.1) is 10.8 Å². The van der Waals surface area contributed by atoms with E-state index in [4.69, 9.17) is 10.8 Å². The molecule has 1 amide bonds. The van der Waals surface area contributed by atoms with Crippen LogP contribution in [0.4, 0.5) is 5.69 Å². The van der Waals surface area contributed by atoms with Crippen LogP contribution < -0.4 is 10.2 Å². The molecule has 34 heavy (non-hydrogen) atoms. The maximum absolute atomic E-state index is 12.7. The number of phenols is 2. The van der Waals surface area contributed by atoms with Gasteiger partial charge >= 0.3 is 0 Å². The van der Waals surface area contributed by atoms with E-state index in [-0.39, 0.29) is 34.9 Å². The Balaban J connectivity index is 1.99. The number of rotatable bonds is 6. The second-order valence-corrected chi connectivity index (χ2v) is 10.1. The number of anilines is 1. The summed E-state index contributed by atoms with van der Waals surface area (Å²) in [5.41, 5.74) is 1.14. The minimum Gasteiger partial charge on any atom is -0.508 e. The van der Waals surface area contributed by atoms with Crippen molar-refractivity contribution in [1.82, 2.24) is 9.62 Å². The van der Waals surface area contributed by atoms with Gasteiger partial charge in [0.1, 0.15) is 17.3 Å². The first-order chi connectivity index (χ1) is 16.1. The van der Waals surface area contributed by atoms with Gasteiger partial charge in [0.25, 0.3) is 5.91 Å². The van der Waals surface area contributed by atoms with Crippen molar-refractivity contribution in [2.24, 2.45) is 0 Å². The van der Waals surface area contributed by atoms with Gasteiger partial charge in [0.05, 0.1) is 5.56 Å². The first-order valence-electron chi connectivity index (χ1n) is 11.5. The molecule has 9 heteroatoms. The molecule has 0 radical (unpaired) electrons. The van der Waals surface area contributed by atoms with E-state index in [1.807, 2.05) is 26.0 Å². The summed E-state index contributed by atoms with van der Waals surface area (Å²) in [5, 5.41) is 40.9. The number of carbonyl (C=O) groups is 1. The number of aromatic hydroxyl groups is 2. The largest absolute Gasteiger partial charge is 0.508 e. The standard InChI is InChI=1S/C25H33N5O3S/c1-15(2)19-13-20(22(32)14-21(19)31)23(26)30(24(27)25(33)28-16(3)4)17-7-9-18(10-8-17)34-29-11-5-6-12-29/h7-10,13-16,26-27,31-32H,5-6,11-12H2,1-4H3,(H,28,33). The Labute approximate surface area is 205 Å². The molecule has 1 saturated heterocycles. The van der Waals surface area contributed by atoms with Crippen molar-refractivity contribution in [2.75, 3.05) is 18.0 Å². The number of benzene rings is 2. The van der Waals surface area contributed by atoms with Gasteiger partial charge < -0.3 is 15.5 Å². The van der Waals surface area contributed by atoms with E-state index in [0.717, 1.165) is 18.0 Å². The molecule has 1 aliphatic heterocycles. The summed E-state index contributed by atoms with van der Waals surface area (Å²) in [6.45, 7) is 9.47. The highest BCUT2D eigenvalue weighted by atomic mass is 32.2. The van der Waals surface area contributed by atoms with Crippen LogP contribution >= 0.6 is 11.9 Å². The third-order valence-corrected chi connectivity index (χ3v) is 6.60. The second-order valence-electron chi connectivity index (χ2n) is 8.96. The normalized spacial score (nSPS) is 13.9. The Morgan fingerprint density at radius 1 is 1.03 bits per heavy atom. The Morgan fingerprint density at radius 2 is 1.65 bits per heavy atom. The first-order valence-corrected chi connectivity index (χ1v) is 12.2. The van der Waals surface area contributed by atoms with E-state index >= 15 is 0 Å². The number of hydrogen-bond acceptors (Lipinski definition) is 7. The molecule has 182 valence electrons. The second kappa shape index (κ2) is 10.9. The number of nitrogens with one attached hydrogen (secondary N) is 3. The van der Waals surface area contributed by atoms with Gasteiger partial charge in [-0.05, 0) is 80.5 Å². The third kappa shape index (κ3) is 5.90. The molecular weight excluding hydrogens is 450 g/mol. The molecule has 1 fully saturated rings. The molecule has 0 spiro atoms. The zero-order valence-corrected chi connectivity index (χ0v) is 20.9. The topological polar surface area (TPSA) is 124 Å². The summed E-state index contributed by atoms with van der Waals surface area (Å²) in [6.07, 6.45) is 2.37. The van der Waals surface area contributed by atoms with E-state index in [2.05, 4.69) is 9.62 Å². The molecular formula is C25H33N5O3S. The number of nitrogens with zero attached hydrogens (tertiary/aromatic N) is 2. The van der Waals surface area contributed by atoms with Gasteiger partial charge in [-0.25, -0.2) is 4.31 Å². The summed E-state index contributed by atoms with van der Waals surface area (Å²) in [6, 6.07) is 9.90. The molecule has 3 rings (SSSR count). The predicted octanol–water partition coefficient (Wildman–Crippen LogP) is 4.66. The molecule has 1 heterocycles. The van der Waals surface area contributed by atoms with Crippen molar-refractivity contribution in [3.8, 4) is 11.5 Å². The van der Waals surface area contributed by atoms with Crippen LogP contribution in [-0.4, -0.2) is 51.2 Å². The lowest BCUT2D eigenvalue weighted by Gasteiger charge is -2.27. The minimum atomic E-state index is -0.627. The third-order valence-electron chi connectivity index (χ3n) is 5.50. The lowest BCUT2D eigenvalue weighted by molar-refractivity contribution is -0.115. The highest BCUT2D eigenvalue weighted by Crippen LogP contribution is 2.34. The zero-order chi connectivity index (χ0) is 25.0. The van der Waals surface area contributed by atoms with Crippen LogP contribution in [0.15, 0.2) is 41.3 Å². The fourth-order valence-electron chi connectivity index (χ4n) is 3.75. The molecule has 0 bridgehead atoms. The lowest BCUT2D eigenvalue weighted by atomic mass is 9.98. The molecule has 2 aromatic rings. The number of amides is 1. The van der Waals surface area contributed by atoms with E-state index < -0.39 is 11.7 Å². The Kier molecular flexibility index (Phi) is 8.22. The maximum Gasteiger partial charge on any atom is 0.287 e. The lowest BCUT2D eigenvalue weighted by Crippen LogP contribution is -2.47. The van der Waals surface area contributed by atoms with Crippen LogP contribution in [0.25, 0.3) is 0 Å². The molecule has 0 aliphatic carbocycles. The van der Waals surface area contributed by atoms with Gasteiger partial charge in [0, 0.05) is 35.8 Å². The van der Waals surface area contributed by atoms with E-state index in [1.165, 1.54) is 29.9 Å². The predicted molar refractivity (Wildman–Crippen MR) is 137 cm³/mol.